The van der Waals surface area contributed by atoms with Gasteiger partial charge in [0.2, 0.25) is 5.91 Å². The van der Waals surface area contributed by atoms with Crippen molar-refractivity contribution in [3.8, 4) is 0 Å². The van der Waals surface area contributed by atoms with Crippen LogP contribution in [0.25, 0.3) is 0 Å². The zero-order chi connectivity index (χ0) is 11.5. The Morgan fingerprint density at radius 1 is 0.938 bits per heavy atom. The number of carboxylic acids is 1. The lowest BCUT2D eigenvalue weighted by Crippen LogP contribution is -2.41. The first kappa shape index (κ1) is 11.4. The molecule has 1 saturated heterocycles. The van der Waals surface area contributed by atoms with E-state index in [1.54, 1.807) is 0 Å². The van der Waals surface area contributed by atoms with Crippen LogP contribution in [0.2, 0.25) is 0 Å². The first-order valence-corrected chi connectivity index (χ1v) is 6.22. The Morgan fingerprint density at radius 3 is 2.19 bits per heavy atom. The molecule has 1 aliphatic carbocycles. The van der Waals surface area contributed by atoms with Gasteiger partial charge in [-0.3, -0.25) is 9.59 Å². The maximum atomic E-state index is 12.2. The molecule has 0 bridgehead atoms. The van der Waals surface area contributed by atoms with Gasteiger partial charge >= 0.3 is 5.97 Å². The highest BCUT2D eigenvalue weighted by atomic mass is 16.4. The van der Waals surface area contributed by atoms with Gasteiger partial charge in [-0.05, 0) is 32.1 Å². The van der Waals surface area contributed by atoms with E-state index in [0.717, 1.165) is 38.8 Å². The van der Waals surface area contributed by atoms with Gasteiger partial charge in [0.25, 0.3) is 0 Å². The summed E-state index contributed by atoms with van der Waals surface area (Å²) >= 11 is 0. The van der Waals surface area contributed by atoms with E-state index < -0.39 is 11.9 Å². The lowest BCUT2D eigenvalue weighted by Gasteiger charge is -2.30. The van der Waals surface area contributed by atoms with Crippen molar-refractivity contribution in [2.75, 3.05) is 13.1 Å². The molecule has 2 aliphatic rings. The predicted molar refractivity (Wildman–Crippen MR) is 58.9 cm³/mol. The number of piperidine rings is 1. The number of likely N-dealkylation sites (tertiary alicyclic amines) is 1. The molecule has 0 aromatic rings. The van der Waals surface area contributed by atoms with Crippen LogP contribution in [0.4, 0.5) is 0 Å². The summed E-state index contributed by atoms with van der Waals surface area (Å²) in [5.74, 6) is -1.40. The van der Waals surface area contributed by atoms with Gasteiger partial charge in [-0.25, -0.2) is 0 Å². The summed E-state index contributed by atoms with van der Waals surface area (Å²) in [4.78, 5) is 25.1. The lowest BCUT2D eigenvalue weighted by atomic mass is 9.94. The number of rotatable bonds is 2. The van der Waals surface area contributed by atoms with E-state index in [-0.39, 0.29) is 11.8 Å². The normalized spacial score (nSPS) is 30.4. The molecule has 2 fully saturated rings. The fourth-order valence-corrected chi connectivity index (χ4v) is 2.90. The molecule has 2 rings (SSSR count). The van der Waals surface area contributed by atoms with Crippen molar-refractivity contribution >= 4 is 11.9 Å². The number of carbonyl (C=O) groups excluding carboxylic acids is 1. The summed E-state index contributed by atoms with van der Waals surface area (Å²) in [7, 11) is 0. The van der Waals surface area contributed by atoms with Crippen LogP contribution in [0.3, 0.4) is 0 Å². The van der Waals surface area contributed by atoms with E-state index in [9.17, 15) is 9.59 Å². The molecule has 0 spiro atoms. The number of nitrogens with zero attached hydrogens (tertiary/aromatic N) is 1. The molecule has 90 valence electrons. The summed E-state index contributed by atoms with van der Waals surface area (Å²) in [6.07, 6.45) is 5.62. The smallest absolute Gasteiger partial charge is 0.307 e. The van der Waals surface area contributed by atoms with Crippen LogP contribution < -0.4 is 0 Å². The third-order valence-electron chi connectivity index (χ3n) is 3.82. The van der Waals surface area contributed by atoms with Gasteiger partial charge in [-0.1, -0.05) is 6.42 Å². The maximum absolute atomic E-state index is 12.2. The highest BCUT2D eigenvalue weighted by Crippen LogP contribution is 2.33. The Hall–Kier alpha value is -1.06. The number of carbonyl (C=O) groups is 2. The van der Waals surface area contributed by atoms with Crippen molar-refractivity contribution in [3.63, 3.8) is 0 Å². The summed E-state index contributed by atoms with van der Waals surface area (Å²) < 4.78 is 0. The summed E-state index contributed by atoms with van der Waals surface area (Å²) in [5, 5.41) is 9.06. The Bertz CT molecular complexity index is 284. The summed E-state index contributed by atoms with van der Waals surface area (Å²) in [6.45, 7) is 1.64. The lowest BCUT2D eigenvalue weighted by molar-refractivity contribution is -0.149. The molecular weight excluding hydrogens is 206 g/mol. The first-order chi connectivity index (χ1) is 7.70. The standard InChI is InChI=1S/C12H19NO3/c14-11(13-7-2-1-3-8-13)9-5-4-6-10(9)12(15)16/h9-10H,1-8H2,(H,15,16)/t9-,10+/m1/s1. The van der Waals surface area contributed by atoms with Gasteiger partial charge in [0.15, 0.2) is 0 Å². The molecule has 0 unspecified atom stereocenters. The predicted octanol–water partition coefficient (Wildman–Crippen LogP) is 1.50. The quantitative estimate of drug-likeness (QED) is 0.774. The van der Waals surface area contributed by atoms with Crippen molar-refractivity contribution in [1.29, 1.82) is 0 Å². The molecule has 4 nitrogen and oxygen atoms in total. The second-order valence-electron chi connectivity index (χ2n) is 4.87. The maximum Gasteiger partial charge on any atom is 0.307 e. The molecule has 1 aliphatic heterocycles. The Labute approximate surface area is 95.6 Å². The largest absolute Gasteiger partial charge is 0.481 e. The van der Waals surface area contributed by atoms with Gasteiger partial charge in [-0.15, -0.1) is 0 Å². The number of amides is 1. The molecule has 2 atom stereocenters. The first-order valence-electron chi connectivity index (χ1n) is 6.22. The molecule has 1 amide bonds. The Kier molecular flexibility index (Phi) is 3.46. The second kappa shape index (κ2) is 4.85. The fraction of sp³-hybridized carbons (Fsp3) is 0.833. The summed E-state index contributed by atoms with van der Waals surface area (Å²) in [5.41, 5.74) is 0. The zero-order valence-corrected chi connectivity index (χ0v) is 9.52. The SMILES string of the molecule is O=C(O)[C@H]1CCC[C@H]1C(=O)N1CCCCC1. The molecule has 1 heterocycles. The number of hydrogen-bond donors (Lipinski definition) is 1. The van der Waals surface area contributed by atoms with Crippen molar-refractivity contribution in [2.45, 2.75) is 38.5 Å². The number of aliphatic carboxylic acids is 1. The Morgan fingerprint density at radius 2 is 1.56 bits per heavy atom. The van der Waals surface area contributed by atoms with E-state index in [1.165, 1.54) is 6.42 Å². The van der Waals surface area contributed by atoms with Crippen LogP contribution in [0, 0.1) is 11.8 Å². The topological polar surface area (TPSA) is 57.6 Å². The molecule has 0 aromatic carbocycles. The van der Waals surface area contributed by atoms with Crippen LogP contribution in [0.15, 0.2) is 0 Å². The average Bonchev–Trinajstić information content (AvgIpc) is 2.78. The number of hydrogen-bond acceptors (Lipinski definition) is 2. The van der Waals surface area contributed by atoms with Gasteiger partial charge in [-0.2, -0.15) is 0 Å². The minimum atomic E-state index is -0.798. The zero-order valence-electron chi connectivity index (χ0n) is 9.52. The molecule has 1 saturated carbocycles. The van der Waals surface area contributed by atoms with E-state index in [2.05, 4.69) is 0 Å². The number of carboxylic acid groups (broad SMARTS) is 1. The molecule has 4 heteroatoms. The van der Waals surface area contributed by atoms with E-state index in [0.29, 0.717) is 6.42 Å². The van der Waals surface area contributed by atoms with Crippen LogP contribution in [0.1, 0.15) is 38.5 Å². The molecule has 1 N–H and O–H groups in total. The van der Waals surface area contributed by atoms with Gasteiger partial charge in [0.1, 0.15) is 0 Å². The summed E-state index contributed by atoms with van der Waals surface area (Å²) in [6, 6.07) is 0. The second-order valence-corrected chi connectivity index (χ2v) is 4.87. The van der Waals surface area contributed by atoms with Crippen LogP contribution in [0.5, 0.6) is 0 Å². The van der Waals surface area contributed by atoms with Crippen molar-refractivity contribution in [2.24, 2.45) is 11.8 Å². The van der Waals surface area contributed by atoms with Gasteiger partial charge in [0.05, 0.1) is 11.8 Å². The highest BCUT2D eigenvalue weighted by molar-refractivity contribution is 5.85. The molecule has 16 heavy (non-hydrogen) atoms. The van der Waals surface area contributed by atoms with Crippen LogP contribution in [-0.2, 0) is 9.59 Å². The highest BCUT2D eigenvalue weighted by Gasteiger charge is 2.39. The monoisotopic (exact) mass is 225 g/mol. The molecular formula is C12H19NO3. The van der Waals surface area contributed by atoms with Crippen molar-refractivity contribution in [3.05, 3.63) is 0 Å². The van der Waals surface area contributed by atoms with Crippen molar-refractivity contribution in [1.82, 2.24) is 4.90 Å². The minimum absolute atomic E-state index is 0.0876. The molecule has 0 aromatic heterocycles. The fourth-order valence-electron chi connectivity index (χ4n) is 2.90. The third kappa shape index (κ3) is 2.20. The van der Waals surface area contributed by atoms with E-state index in [1.807, 2.05) is 4.90 Å². The van der Waals surface area contributed by atoms with Crippen LogP contribution in [-0.4, -0.2) is 35.0 Å². The minimum Gasteiger partial charge on any atom is -0.481 e. The Balaban J connectivity index is 1.99. The molecule has 0 radical (unpaired) electrons. The van der Waals surface area contributed by atoms with Gasteiger partial charge in [0, 0.05) is 13.1 Å². The van der Waals surface area contributed by atoms with Crippen LogP contribution >= 0.6 is 0 Å². The van der Waals surface area contributed by atoms with E-state index in [4.69, 9.17) is 5.11 Å². The van der Waals surface area contributed by atoms with E-state index >= 15 is 0 Å². The van der Waals surface area contributed by atoms with Crippen molar-refractivity contribution < 1.29 is 14.7 Å². The van der Waals surface area contributed by atoms with Gasteiger partial charge < -0.3 is 10.0 Å². The average molecular weight is 225 g/mol. The third-order valence-corrected chi connectivity index (χ3v) is 3.82.